The molecule has 1 aromatic rings. The van der Waals surface area contributed by atoms with Crippen molar-refractivity contribution in [2.75, 3.05) is 13.1 Å². The van der Waals surface area contributed by atoms with Gasteiger partial charge in [-0.1, -0.05) is 15.9 Å². The lowest BCUT2D eigenvalue weighted by Gasteiger charge is -2.23. The van der Waals surface area contributed by atoms with Crippen LogP contribution >= 0.6 is 28.3 Å². The van der Waals surface area contributed by atoms with Gasteiger partial charge in [0.15, 0.2) is 0 Å². The Morgan fingerprint density at radius 1 is 1.44 bits per heavy atom. The van der Waals surface area contributed by atoms with Crippen LogP contribution < -0.4 is 10.6 Å². The number of halogens is 2. The van der Waals surface area contributed by atoms with E-state index in [1.165, 1.54) is 0 Å². The second kappa shape index (κ2) is 7.12. The molecule has 0 bridgehead atoms. The number of hydrogen-bond donors (Lipinski definition) is 2. The van der Waals surface area contributed by atoms with Crippen LogP contribution in [0, 0.1) is 6.92 Å². The molecular weight excluding hydrogens is 316 g/mol. The molecule has 1 heterocycles. The molecule has 1 aliphatic heterocycles. The van der Waals surface area contributed by atoms with E-state index in [0.29, 0.717) is 0 Å². The van der Waals surface area contributed by atoms with E-state index in [0.717, 1.165) is 41.5 Å². The summed E-state index contributed by atoms with van der Waals surface area (Å²) in [7, 11) is 0. The minimum Gasteiger partial charge on any atom is -0.348 e. The number of aryl methyl sites for hydroxylation is 1. The van der Waals surface area contributed by atoms with Crippen molar-refractivity contribution in [3.05, 3.63) is 33.8 Å². The third-order valence-corrected chi connectivity index (χ3v) is 3.39. The van der Waals surface area contributed by atoms with Gasteiger partial charge in [-0.25, -0.2) is 0 Å². The van der Waals surface area contributed by atoms with E-state index in [9.17, 15) is 4.79 Å². The standard InChI is InChI=1S/C13H17BrN2O.ClH/c1-9-5-10(7-11(14)6-9)13(17)16-12-3-2-4-15-8-12;/h5-7,12,15H,2-4,8H2,1H3,(H,16,17);1H/t12-;/m0./s1. The van der Waals surface area contributed by atoms with Crippen LogP contribution in [0.5, 0.6) is 0 Å². The fraction of sp³-hybridized carbons (Fsp3) is 0.462. The molecule has 1 aromatic carbocycles. The first-order valence-corrected chi connectivity index (χ1v) is 6.73. The van der Waals surface area contributed by atoms with E-state index < -0.39 is 0 Å². The number of rotatable bonds is 2. The molecular formula is C13H18BrClN2O. The highest BCUT2D eigenvalue weighted by atomic mass is 79.9. The van der Waals surface area contributed by atoms with Crippen LogP contribution in [0.4, 0.5) is 0 Å². The van der Waals surface area contributed by atoms with Gasteiger partial charge in [0, 0.05) is 22.6 Å². The van der Waals surface area contributed by atoms with Gasteiger partial charge in [0.05, 0.1) is 0 Å². The molecule has 100 valence electrons. The number of carbonyl (C=O) groups excluding carboxylic acids is 1. The fourth-order valence-electron chi connectivity index (χ4n) is 2.11. The normalized spacial score (nSPS) is 18.9. The number of nitrogens with one attached hydrogen (secondary N) is 2. The van der Waals surface area contributed by atoms with Gasteiger partial charge in [-0.15, -0.1) is 12.4 Å². The van der Waals surface area contributed by atoms with Gasteiger partial charge < -0.3 is 10.6 Å². The SMILES string of the molecule is Cc1cc(Br)cc(C(=O)N[C@H]2CCCNC2)c1.Cl. The molecule has 1 aliphatic rings. The lowest BCUT2D eigenvalue weighted by atomic mass is 10.1. The molecule has 0 aromatic heterocycles. The summed E-state index contributed by atoms with van der Waals surface area (Å²) in [6, 6.07) is 6.03. The van der Waals surface area contributed by atoms with Gasteiger partial charge in [-0.2, -0.15) is 0 Å². The summed E-state index contributed by atoms with van der Waals surface area (Å²) in [5, 5.41) is 6.36. The zero-order valence-electron chi connectivity index (χ0n) is 10.3. The molecule has 1 amide bonds. The average Bonchev–Trinajstić information content (AvgIpc) is 2.29. The van der Waals surface area contributed by atoms with Crippen LogP contribution in [0.25, 0.3) is 0 Å². The summed E-state index contributed by atoms with van der Waals surface area (Å²) in [5.41, 5.74) is 1.81. The highest BCUT2D eigenvalue weighted by Crippen LogP contribution is 2.15. The first-order valence-electron chi connectivity index (χ1n) is 5.94. The van der Waals surface area contributed by atoms with E-state index >= 15 is 0 Å². The molecule has 2 N–H and O–H groups in total. The third kappa shape index (κ3) is 4.26. The monoisotopic (exact) mass is 332 g/mol. The van der Waals surface area contributed by atoms with Crippen molar-refractivity contribution < 1.29 is 4.79 Å². The Balaban J connectivity index is 0.00000162. The molecule has 1 fully saturated rings. The van der Waals surface area contributed by atoms with Gasteiger partial charge in [0.2, 0.25) is 0 Å². The van der Waals surface area contributed by atoms with E-state index in [4.69, 9.17) is 0 Å². The summed E-state index contributed by atoms with van der Waals surface area (Å²) >= 11 is 3.41. The second-order valence-corrected chi connectivity index (χ2v) is 5.45. The maximum atomic E-state index is 12.1. The van der Waals surface area contributed by atoms with Crippen LogP contribution in [0.15, 0.2) is 22.7 Å². The molecule has 0 saturated carbocycles. The fourth-order valence-corrected chi connectivity index (χ4v) is 2.72. The van der Waals surface area contributed by atoms with Crippen molar-refractivity contribution in [3.63, 3.8) is 0 Å². The Hall–Kier alpha value is -0.580. The summed E-state index contributed by atoms with van der Waals surface area (Å²) in [6.07, 6.45) is 2.19. The first kappa shape index (κ1) is 15.5. The number of piperidine rings is 1. The lowest BCUT2D eigenvalue weighted by molar-refractivity contribution is 0.0930. The predicted octanol–water partition coefficient (Wildman–Crippen LogP) is 2.66. The van der Waals surface area contributed by atoms with E-state index in [-0.39, 0.29) is 24.4 Å². The molecule has 1 saturated heterocycles. The molecule has 0 aliphatic carbocycles. The van der Waals surface area contributed by atoms with Crippen molar-refractivity contribution >= 4 is 34.2 Å². The van der Waals surface area contributed by atoms with Gasteiger partial charge in [0.25, 0.3) is 5.91 Å². The highest BCUT2D eigenvalue weighted by molar-refractivity contribution is 9.10. The van der Waals surface area contributed by atoms with Crippen molar-refractivity contribution in [3.8, 4) is 0 Å². The van der Waals surface area contributed by atoms with E-state index in [1.54, 1.807) is 0 Å². The van der Waals surface area contributed by atoms with Crippen LogP contribution in [0.1, 0.15) is 28.8 Å². The van der Waals surface area contributed by atoms with Gasteiger partial charge in [-0.05, 0) is 50.1 Å². The molecule has 1 atom stereocenters. The lowest BCUT2D eigenvalue weighted by Crippen LogP contribution is -2.45. The average molecular weight is 334 g/mol. The van der Waals surface area contributed by atoms with Gasteiger partial charge in [-0.3, -0.25) is 4.79 Å². The van der Waals surface area contributed by atoms with E-state index in [2.05, 4.69) is 26.6 Å². The number of benzene rings is 1. The number of hydrogen-bond acceptors (Lipinski definition) is 2. The molecule has 3 nitrogen and oxygen atoms in total. The van der Waals surface area contributed by atoms with Crippen molar-refractivity contribution in [2.45, 2.75) is 25.8 Å². The maximum absolute atomic E-state index is 12.1. The zero-order chi connectivity index (χ0) is 12.3. The second-order valence-electron chi connectivity index (χ2n) is 4.53. The van der Waals surface area contributed by atoms with Crippen molar-refractivity contribution in [1.82, 2.24) is 10.6 Å². The predicted molar refractivity (Wildman–Crippen MR) is 79.5 cm³/mol. The summed E-state index contributed by atoms with van der Waals surface area (Å²) < 4.78 is 0.949. The molecule has 0 spiro atoms. The van der Waals surface area contributed by atoms with Gasteiger partial charge in [0.1, 0.15) is 0 Å². The first-order chi connectivity index (χ1) is 8.15. The maximum Gasteiger partial charge on any atom is 0.251 e. The number of amides is 1. The largest absolute Gasteiger partial charge is 0.348 e. The molecule has 5 heteroatoms. The van der Waals surface area contributed by atoms with Crippen LogP contribution in [0.2, 0.25) is 0 Å². The Morgan fingerprint density at radius 2 is 2.22 bits per heavy atom. The molecule has 2 rings (SSSR count). The third-order valence-electron chi connectivity index (χ3n) is 2.94. The Kier molecular flexibility index (Phi) is 6.12. The molecule has 18 heavy (non-hydrogen) atoms. The van der Waals surface area contributed by atoms with Crippen LogP contribution in [-0.2, 0) is 0 Å². The molecule has 0 radical (unpaired) electrons. The topological polar surface area (TPSA) is 41.1 Å². The van der Waals surface area contributed by atoms with Gasteiger partial charge >= 0.3 is 0 Å². The summed E-state index contributed by atoms with van der Waals surface area (Å²) in [5.74, 6) is 0.0168. The minimum absolute atomic E-state index is 0. The van der Waals surface area contributed by atoms with Crippen molar-refractivity contribution in [2.24, 2.45) is 0 Å². The minimum atomic E-state index is 0. The van der Waals surface area contributed by atoms with Crippen molar-refractivity contribution in [1.29, 1.82) is 0 Å². The quantitative estimate of drug-likeness (QED) is 0.873. The zero-order valence-corrected chi connectivity index (χ0v) is 12.7. The molecule has 0 unspecified atom stereocenters. The summed E-state index contributed by atoms with van der Waals surface area (Å²) in [4.78, 5) is 12.1. The summed E-state index contributed by atoms with van der Waals surface area (Å²) in [6.45, 7) is 3.92. The van der Waals surface area contributed by atoms with Crippen LogP contribution in [-0.4, -0.2) is 25.0 Å². The smallest absolute Gasteiger partial charge is 0.251 e. The highest BCUT2D eigenvalue weighted by Gasteiger charge is 2.16. The Morgan fingerprint density at radius 3 is 2.83 bits per heavy atom. The number of carbonyl (C=O) groups is 1. The Bertz CT molecular complexity index is 399. The van der Waals surface area contributed by atoms with E-state index in [1.807, 2.05) is 25.1 Å². The Labute approximate surface area is 122 Å². The van der Waals surface area contributed by atoms with Crippen LogP contribution in [0.3, 0.4) is 0 Å².